The quantitative estimate of drug-likeness (QED) is 0.0302. The van der Waals surface area contributed by atoms with Crippen molar-refractivity contribution in [1.29, 1.82) is 0 Å². The summed E-state index contributed by atoms with van der Waals surface area (Å²) >= 11 is 0. The van der Waals surface area contributed by atoms with Crippen LogP contribution in [-0.4, -0.2) is 132 Å². The van der Waals surface area contributed by atoms with Gasteiger partial charge in [0, 0.05) is 0 Å². The minimum Gasteiger partial charge on any atom is -0.480 e. The third kappa shape index (κ3) is 20.9. The highest BCUT2D eigenvalue weighted by molar-refractivity contribution is 5.98. The third-order valence-electron chi connectivity index (χ3n) is 7.78. The SMILES string of the molecule is NCCCC[C@H](NC(=O)[C@H](CCCCN)NC(=O)[C@@H](N)CCCCN)C(=O)NCC(=O)N[C@@H](CC(N)=O)C(=O)N[C@@H](CC(N)=O)C(=O)N[C@@H](CO)C(=O)O. The van der Waals surface area contributed by atoms with Crippen molar-refractivity contribution >= 4 is 53.2 Å². The highest BCUT2D eigenvalue weighted by Gasteiger charge is 2.32. The fourth-order valence-corrected chi connectivity index (χ4v) is 4.80. The molecule has 0 saturated heterocycles. The number of aliphatic hydroxyl groups is 1. The molecule has 20 N–H and O–H groups in total. The van der Waals surface area contributed by atoms with Gasteiger partial charge in [-0.2, -0.15) is 0 Å². The predicted octanol–water partition coefficient (Wildman–Crippen LogP) is -6.93. The monoisotopic (exact) mass is 774 g/mol. The second-order valence-corrected chi connectivity index (χ2v) is 12.4. The van der Waals surface area contributed by atoms with E-state index in [2.05, 4.69) is 26.6 Å². The molecule has 0 aliphatic rings. The average molecular weight is 775 g/mol. The van der Waals surface area contributed by atoms with E-state index < -0.39 is 115 Å². The molecule has 23 nitrogen and oxygen atoms in total. The number of nitrogens with one attached hydrogen (secondary N) is 6. The molecule has 0 aromatic heterocycles. The number of carboxylic acids is 1. The number of unbranched alkanes of at least 4 members (excludes halogenated alkanes) is 3. The summed E-state index contributed by atoms with van der Waals surface area (Å²) in [7, 11) is 0. The molecule has 23 heteroatoms. The normalized spacial score (nSPS) is 14.2. The summed E-state index contributed by atoms with van der Waals surface area (Å²) in [6.45, 7) is -0.742. The van der Waals surface area contributed by atoms with E-state index in [1.54, 1.807) is 0 Å². The number of carbonyl (C=O) groups is 9. The van der Waals surface area contributed by atoms with Crippen LogP contribution in [-0.2, 0) is 43.2 Å². The summed E-state index contributed by atoms with van der Waals surface area (Å²) in [5.41, 5.74) is 33.0. The van der Waals surface area contributed by atoms with E-state index in [1.165, 1.54) is 0 Å². The zero-order valence-electron chi connectivity index (χ0n) is 30.3. The van der Waals surface area contributed by atoms with Gasteiger partial charge >= 0.3 is 5.97 Å². The van der Waals surface area contributed by atoms with Gasteiger partial charge in [-0.05, 0) is 71.0 Å². The van der Waals surface area contributed by atoms with Gasteiger partial charge in [0.15, 0.2) is 0 Å². The molecule has 0 saturated carbocycles. The van der Waals surface area contributed by atoms with Crippen LogP contribution in [0.3, 0.4) is 0 Å². The molecular weight excluding hydrogens is 716 g/mol. The van der Waals surface area contributed by atoms with Gasteiger partial charge in [-0.15, -0.1) is 0 Å². The summed E-state index contributed by atoms with van der Waals surface area (Å²) in [5.74, 6) is -9.31. The lowest BCUT2D eigenvalue weighted by atomic mass is 10.0. The Morgan fingerprint density at radius 3 is 1.33 bits per heavy atom. The molecular formula is C31H58N12O11. The lowest BCUT2D eigenvalue weighted by molar-refractivity contribution is -0.143. The Morgan fingerprint density at radius 2 is 0.889 bits per heavy atom. The highest BCUT2D eigenvalue weighted by Crippen LogP contribution is 2.07. The first-order valence-corrected chi connectivity index (χ1v) is 17.6. The summed E-state index contributed by atoms with van der Waals surface area (Å²) in [5, 5.41) is 32.0. The van der Waals surface area contributed by atoms with Gasteiger partial charge in [0.05, 0.1) is 32.0 Å². The number of primary amides is 2. The molecule has 0 heterocycles. The number of aliphatic carboxylic acids is 1. The Labute approximate surface area is 312 Å². The van der Waals surface area contributed by atoms with Crippen LogP contribution in [0.1, 0.15) is 70.6 Å². The van der Waals surface area contributed by atoms with Gasteiger partial charge in [0.2, 0.25) is 47.3 Å². The van der Waals surface area contributed by atoms with Crippen LogP contribution in [0.5, 0.6) is 0 Å². The second-order valence-electron chi connectivity index (χ2n) is 12.4. The third-order valence-corrected chi connectivity index (χ3v) is 7.78. The van der Waals surface area contributed by atoms with E-state index in [1.807, 2.05) is 5.32 Å². The Balaban J connectivity index is 5.81. The van der Waals surface area contributed by atoms with Crippen LogP contribution in [0.4, 0.5) is 0 Å². The molecule has 0 aliphatic heterocycles. The van der Waals surface area contributed by atoms with Crippen molar-refractivity contribution in [3.8, 4) is 0 Å². The first-order chi connectivity index (χ1) is 25.5. The molecule has 0 aliphatic carbocycles. The molecule has 54 heavy (non-hydrogen) atoms. The molecule has 0 fully saturated rings. The zero-order valence-corrected chi connectivity index (χ0v) is 30.3. The van der Waals surface area contributed by atoms with Crippen molar-refractivity contribution in [2.45, 2.75) is 107 Å². The number of carboxylic acid groups (broad SMARTS) is 1. The number of amides is 8. The summed E-state index contributed by atoms with van der Waals surface area (Å²) in [4.78, 5) is 112. The lowest BCUT2D eigenvalue weighted by Crippen LogP contribution is -2.58. The zero-order chi connectivity index (χ0) is 41.2. The number of nitrogens with two attached hydrogens (primary N) is 6. The van der Waals surface area contributed by atoms with Crippen LogP contribution < -0.4 is 66.3 Å². The Kier molecular flexibility index (Phi) is 25.1. The molecule has 8 amide bonds. The first-order valence-electron chi connectivity index (χ1n) is 17.6. The fourth-order valence-electron chi connectivity index (χ4n) is 4.80. The maximum atomic E-state index is 13.4. The number of aliphatic hydroxyl groups excluding tert-OH is 1. The van der Waals surface area contributed by atoms with E-state index >= 15 is 0 Å². The van der Waals surface area contributed by atoms with E-state index in [0.717, 1.165) is 0 Å². The van der Waals surface area contributed by atoms with Gasteiger partial charge in [-0.25, -0.2) is 4.79 Å². The molecule has 6 atom stereocenters. The van der Waals surface area contributed by atoms with E-state index in [4.69, 9.17) is 39.5 Å². The summed E-state index contributed by atoms with van der Waals surface area (Å²) < 4.78 is 0. The maximum absolute atomic E-state index is 13.4. The number of rotatable bonds is 30. The van der Waals surface area contributed by atoms with Gasteiger partial charge in [0.1, 0.15) is 30.2 Å². The molecule has 0 spiro atoms. The van der Waals surface area contributed by atoms with Crippen molar-refractivity contribution < 1.29 is 53.4 Å². The second kappa shape index (κ2) is 27.6. The first kappa shape index (κ1) is 49.0. The van der Waals surface area contributed by atoms with E-state index in [-0.39, 0.29) is 19.4 Å². The fraction of sp³-hybridized carbons (Fsp3) is 0.710. The highest BCUT2D eigenvalue weighted by atomic mass is 16.4. The average Bonchev–Trinajstić information content (AvgIpc) is 3.10. The van der Waals surface area contributed by atoms with E-state index in [0.29, 0.717) is 58.0 Å². The van der Waals surface area contributed by atoms with Crippen LogP contribution in [0.2, 0.25) is 0 Å². The van der Waals surface area contributed by atoms with Gasteiger partial charge in [-0.1, -0.05) is 6.42 Å². The summed E-state index contributed by atoms with van der Waals surface area (Å²) in [6, 6.07) is -8.49. The Bertz CT molecular complexity index is 1270. The van der Waals surface area contributed by atoms with Crippen LogP contribution >= 0.6 is 0 Å². The maximum Gasteiger partial charge on any atom is 0.328 e. The van der Waals surface area contributed by atoms with Gasteiger partial charge in [0.25, 0.3) is 0 Å². The Morgan fingerprint density at radius 1 is 0.500 bits per heavy atom. The molecule has 308 valence electrons. The van der Waals surface area contributed by atoms with Crippen molar-refractivity contribution in [2.24, 2.45) is 34.4 Å². The molecule has 0 radical (unpaired) electrons. The van der Waals surface area contributed by atoms with Crippen molar-refractivity contribution in [3.05, 3.63) is 0 Å². The molecule has 0 bridgehead atoms. The lowest BCUT2D eigenvalue weighted by Gasteiger charge is -2.25. The molecule has 0 rings (SSSR count). The Hall–Kier alpha value is -4.97. The largest absolute Gasteiger partial charge is 0.480 e. The standard InChI is InChI=1S/C31H58N12O11/c32-10-4-1-7-17(35)26(48)40-19(9-3-6-12-34)28(50)41-18(8-2-5-11-33)27(49)38-15-25(47)39-20(13-23(36)45)29(51)42-21(14-24(37)46)30(52)43-22(16-44)31(53)54/h17-22,44H,1-16,32-35H2,(H2,36,45)(H2,37,46)(H,38,49)(H,39,47)(H,40,48)(H,41,50)(H,42,51)(H,43,52)(H,53,54)/t17-,18-,19-,20-,21-,22-/m0/s1. The van der Waals surface area contributed by atoms with Crippen molar-refractivity contribution in [1.82, 2.24) is 31.9 Å². The molecule has 0 unspecified atom stereocenters. The van der Waals surface area contributed by atoms with Crippen LogP contribution in [0, 0.1) is 0 Å². The van der Waals surface area contributed by atoms with Crippen molar-refractivity contribution in [2.75, 3.05) is 32.8 Å². The van der Waals surface area contributed by atoms with Crippen LogP contribution in [0.25, 0.3) is 0 Å². The molecule has 0 aromatic carbocycles. The van der Waals surface area contributed by atoms with Crippen LogP contribution in [0.15, 0.2) is 0 Å². The number of carbonyl (C=O) groups excluding carboxylic acids is 8. The number of hydrogen-bond acceptors (Lipinski definition) is 14. The number of hydrogen-bond donors (Lipinski definition) is 14. The minimum atomic E-state index is -1.80. The minimum absolute atomic E-state index is 0.0908. The summed E-state index contributed by atoms with van der Waals surface area (Å²) in [6.07, 6.45) is 2.16. The molecule has 0 aromatic rings. The predicted molar refractivity (Wildman–Crippen MR) is 192 cm³/mol. The van der Waals surface area contributed by atoms with Gasteiger partial charge in [-0.3, -0.25) is 38.4 Å². The van der Waals surface area contributed by atoms with Gasteiger partial charge < -0.3 is 76.5 Å². The smallest absolute Gasteiger partial charge is 0.328 e. The van der Waals surface area contributed by atoms with Crippen molar-refractivity contribution in [3.63, 3.8) is 0 Å². The van der Waals surface area contributed by atoms with E-state index in [9.17, 15) is 48.3 Å². The topological polar surface area (TPSA) is 422 Å².